The molecular formula is C18H30BF2N5O12P3S-. The molecule has 3 unspecified atom stereocenters. The largest absolute Gasteiger partial charge is 0.444 e. The van der Waals surface area contributed by atoms with Crippen LogP contribution in [0.5, 0.6) is 0 Å². The number of carbonyl (C=O) groups excluding carboxylic acids is 1. The van der Waals surface area contributed by atoms with Crippen molar-refractivity contribution in [2.45, 2.75) is 57.9 Å². The number of aromatic amines is 1. The first-order valence-corrected chi connectivity index (χ1v) is 16.6. The molecule has 1 fully saturated rings. The van der Waals surface area contributed by atoms with E-state index in [1.54, 1.807) is 20.8 Å². The summed E-state index contributed by atoms with van der Waals surface area (Å²) in [6.45, 7) is 4.56. The van der Waals surface area contributed by atoms with Crippen LogP contribution in [0.3, 0.4) is 0 Å². The summed E-state index contributed by atoms with van der Waals surface area (Å²) in [5, 5.41) is -2.28. The molecule has 0 aliphatic carbocycles. The van der Waals surface area contributed by atoms with Crippen LogP contribution in [0.4, 0.5) is 8.78 Å². The lowest BCUT2D eigenvalue weighted by Gasteiger charge is -2.30. The maximum atomic E-state index is 14.7. The predicted molar refractivity (Wildman–Crippen MR) is 150 cm³/mol. The number of nitrogens with one attached hydrogen (secondary N) is 1. The number of hydrogen-bond donors (Lipinski definition) is 3. The van der Waals surface area contributed by atoms with E-state index < -0.39 is 83.9 Å². The second-order valence-corrected chi connectivity index (χ2v) is 15.7. The lowest BCUT2D eigenvalue weighted by atomic mass is 10.00. The zero-order valence-electron chi connectivity index (χ0n) is 21.9. The molecule has 1 aliphatic heterocycles. The number of thioether (sulfide) groups is 1. The van der Waals surface area contributed by atoms with Gasteiger partial charge < -0.3 is 28.1 Å². The van der Waals surface area contributed by atoms with Gasteiger partial charge in [-0.1, -0.05) is 37.6 Å². The van der Waals surface area contributed by atoms with Gasteiger partial charge in [0.15, 0.2) is 12.6 Å². The zero-order valence-corrected chi connectivity index (χ0v) is 25.4. The van der Waals surface area contributed by atoms with Gasteiger partial charge in [-0.05, 0) is 12.5 Å². The van der Waals surface area contributed by atoms with Gasteiger partial charge in [0.05, 0.1) is 32.9 Å². The Bertz CT molecular complexity index is 1500. The van der Waals surface area contributed by atoms with Crippen LogP contribution in [0.25, 0.3) is 10.4 Å². The monoisotopic (exact) mass is 682 g/mol. The molecule has 42 heavy (non-hydrogen) atoms. The van der Waals surface area contributed by atoms with Crippen molar-refractivity contribution in [3.63, 3.8) is 0 Å². The summed E-state index contributed by atoms with van der Waals surface area (Å²) in [6.07, 6.45) is -1.26. The Hall–Kier alpha value is -1.62. The molecule has 0 aromatic carbocycles. The van der Waals surface area contributed by atoms with E-state index in [1.165, 1.54) is 13.1 Å². The molecule has 1 aliphatic rings. The van der Waals surface area contributed by atoms with Gasteiger partial charge in [0.1, 0.15) is 6.23 Å². The highest BCUT2D eigenvalue weighted by Gasteiger charge is 2.67. The van der Waals surface area contributed by atoms with Crippen molar-refractivity contribution in [2.24, 2.45) is 10.5 Å². The van der Waals surface area contributed by atoms with E-state index in [0.717, 1.165) is 4.57 Å². The van der Waals surface area contributed by atoms with E-state index in [2.05, 4.69) is 23.8 Å². The number of aromatic nitrogens is 2. The smallest absolute Gasteiger partial charge is 0.352 e. The number of H-pyrrole nitrogens is 1. The summed E-state index contributed by atoms with van der Waals surface area (Å²) in [5.74, 6) is -0.319. The number of carbonyl (C=O) groups is 1. The van der Waals surface area contributed by atoms with Gasteiger partial charge in [-0.25, -0.2) is 4.79 Å². The van der Waals surface area contributed by atoms with Crippen molar-refractivity contribution in [1.29, 1.82) is 0 Å². The Morgan fingerprint density at radius 3 is 2.48 bits per heavy atom. The van der Waals surface area contributed by atoms with Crippen molar-refractivity contribution in [2.75, 3.05) is 19.0 Å². The molecule has 17 nitrogen and oxygen atoms in total. The Balaban J connectivity index is 2.09. The highest BCUT2D eigenvalue weighted by atomic mass is 32.2. The van der Waals surface area contributed by atoms with Gasteiger partial charge in [0.25, 0.3) is 5.56 Å². The fourth-order valence-electron chi connectivity index (χ4n) is 3.07. The Kier molecular flexibility index (Phi) is 11.8. The molecule has 0 saturated carbocycles. The highest BCUT2D eigenvalue weighted by Crippen LogP contribution is 2.79. The van der Waals surface area contributed by atoms with Crippen molar-refractivity contribution < 1.29 is 55.2 Å². The first-order valence-electron chi connectivity index (χ1n) is 11.4. The summed E-state index contributed by atoms with van der Waals surface area (Å²) in [7, 11) is -19.1. The maximum absolute atomic E-state index is 14.7. The SMILES string of the molecule is [BH3-]P(=O)(OC[C@H]1O[C@@H](n2cc(C)c(=O)[nH]c2=O)C[C@H]1N=[N+]=[N-])OP(=O)(O)C(F)(F)P(=O)(O)OCCSC(=O)C(C)(C)C. The molecule has 3 N–H and O–H groups in total. The third kappa shape index (κ3) is 8.96. The second-order valence-electron chi connectivity index (χ2n) is 9.49. The van der Waals surface area contributed by atoms with Gasteiger partial charge in [-0.2, -0.15) is 8.78 Å². The number of alkyl halides is 2. The molecule has 1 saturated heterocycles. The van der Waals surface area contributed by atoms with E-state index in [-0.39, 0.29) is 22.9 Å². The standard InChI is InChI=1S/C18H30BF2N5O12P3S/c1-10-8-26(16(29)23-14(10)27)13-7-11(24-25-22)12(37-13)9-36-41(19,34)38-40(32,33)18(20,21)39(30,31)35-5-6-42-15(28)17(2,3)4/h8,11-13H,5-7,9H2,1-4,19H3,(H,30,31)(H,32,33)(H,23,27,29)/q-1/t11-,12-,13-,41?/m1/s1. The molecule has 1 aromatic heterocycles. The number of azide groups is 1. The van der Waals surface area contributed by atoms with Gasteiger partial charge in [0, 0.05) is 34.3 Å². The Labute approximate surface area is 242 Å². The molecule has 0 amide bonds. The normalized spacial score (nSPS) is 23.8. The van der Waals surface area contributed by atoms with Gasteiger partial charge in [0.2, 0.25) is 0 Å². The van der Waals surface area contributed by atoms with Crippen LogP contribution in [-0.2, 0) is 36.6 Å². The van der Waals surface area contributed by atoms with Crippen molar-refractivity contribution in [3.8, 4) is 0 Å². The summed E-state index contributed by atoms with van der Waals surface area (Å²) in [4.78, 5) is 60.0. The van der Waals surface area contributed by atoms with E-state index in [1.807, 2.05) is 0 Å². The van der Waals surface area contributed by atoms with Crippen molar-refractivity contribution in [3.05, 3.63) is 43.0 Å². The Morgan fingerprint density at radius 1 is 1.29 bits per heavy atom. The number of ether oxygens (including phenoxy) is 1. The van der Waals surface area contributed by atoms with Crippen LogP contribution >= 0.6 is 34.4 Å². The molecule has 0 bridgehead atoms. The van der Waals surface area contributed by atoms with Gasteiger partial charge >= 0.3 is 26.3 Å². The van der Waals surface area contributed by atoms with E-state index >= 15 is 0 Å². The summed E-state index contributed by atoms with van der Waals surface area (Å²) >= 11 is 0.640. The topological polar surface area (TPSA) is 249 Å². The minimum absolute atomic E-state index is 0.119. The molecule has 0 spiro atoms. The van der Waals surface area contributed by atoms with Crippen LogP contribution in [0.15, 0.2) is 20.9 Å². The van der Waals surface area contributed by atoms with Crippen LogP contribution in [0, 0.1) is 12.3 Å². The summed E-state index contributed by atoms with van der Waals surface area (Å²) in [6, 6.07) is -1.05. The number of nitrogens with zero attached hydrogens (tertiary/aromatic N) is 4. The van der Waals surface area contributed by atoms with Gasteiger partial charge in [-0.3, -0.25) is 32.6 Å². The fourth-order valence-corrected chi connectivity index (χ4v) is 7.83. The number of aryl methyl sites for hydroxylation is 1. The molecular weight excluding hydrogens is 652 g/mol. The lowest BCUT2D eigenvalue weighted by Crippen LogP contribution is -2.33. The molecule has 24 heteroatoms. The first-order chi connectivity index (χ1) is 19.0. The number of halogens is 2. The lowest BCUT2D eigenvalue weighted by molar-refractivity contribution is -0.117. The van der Waals surface area contributed by atoms with Crippen molar-refractivity contribution in [1.82, 2.24) is 9.55 Å². The highest BCUT2D eigenvalue weighted by molar-refractivity contribution is 8.13. The van der Waals surface area contributed by atoms with Crippen LogP contribution in [-0.4, -0.2) is 68.5 Å². The van der Waals surface area contributed by atoms with E-state index in [4.69, 9.17) is 14.8 Å². The first kappa shape index (κ1) is 36.6. The average Bonchev–Trinajstić information content (AvgIpc) is 3.24. The third-order valence-corrected chi connectivity index (χ3v) is 11.7. The van der Waals surface area contributed by atoms with Crippen LogP contribution in [0.1, 0.15) is 39.0 Å². The molecule has 2 heterocycles. The number of hydrogen-bond acceptors (Lipinski definition) is 12. The van der Waals surface area contributed by atoms with Crippen LogP contribution in [0.2, 0.25) is 0 Å². The molecule has 1 aromatic rings. The molecule has 238 valence electrons. The average molecular weight is 682 g/mol. The summed E-state index contributed by atoms with van der Waals surface area (Å²) < 4.78 is 87.0. The predicted octanol–water partition coefficient (Wildman–Crippen LogP) is 2.56. The minimum atomic E-state index is -6.47. The van der Waals surface area contributed by atoms with E-state index in [0.29, 0.717) is 11.8 Å². The fraction of sp³-hybridized carbons (Fsp3) is 0.722. The molecule has 2 rings (SSSR count). The quantitative estimate of drug-likeness (QED) is 0.0677. The van der Waals surface area contributed by atoms with E-state index in [9.17, 15) is 46.6 Å². The minimum Gasteiger partial charge on any atom is -0.352 e. The maximum Gasteiger partial charge on any atom is 0.444 e. The van der Waals surface area contributed by atoms with Gasteiger partial charge in [-0.15, -0.1) is 0 Å². The second kappa shape index (κ2) is 13.6. The molecule has 6 atom stereocenters. The zero-order chi connectivity index (χ0) is 32.3. The number of rotatable bonds is 13. The van der Waals surface area contributed by atoms with Crippen LogP contribution < -0.4 is 11.2 Å². The Morgan fingerprint density at radius 2 is 1.90 bits per heavy atom. The molecule has 0 radical (unpaired) electrons. The third-order valence-electron chi connectivity index (χ3n) is 5.26. The van der Waals surface area contributed by atoms with Crippen molar-refractivity contribution >= 4 is 47.1 Å². The summed E-state index contributed by atoms with van der Waals surface area (Å²) in [5.41, 5.74) is 6.75.